The molecule has 1 aromatic rings. The number of nitrogens with zero attached hydrogens (tertiary/aromatic N) is 1. The lowest BCUT2D eigenvalue weighted by Gasteiger charge is -2.07. The molecule has 1 aromatic carbocycles. The molecule has 0 bridgehead atoms. The van der Waals surface area contributed by atoms with Crippen LogP contribution in [0.15, 0.2) is 15.5 Å². The molecule has 0 aliphatic heterocycles. The average Bonchev–Trinajstić information content (AvgIpc) is 2.15. The Kier molecular flexibility index (Phi) is 3.38. The Bertz CT molecular complexity index is 388. The lowest BCUT2D eigenvalue weighted by atomic mass is 10.1. The van der Waals surface area contributed by atoms with Crippen LogP contribution in [0.1, 0.15) is 11.1 Å². The third-order valence-electron chi connectivity index (χ3n) is 1.88. The van der Waals surface area contributed by atoms with Gasteiger partial charge in [0.2, 0.25) is 6.08 Å². The van der Waals surface area contributed by atoms with Crippen molar-refractivity contribution in [3.63, 3.8) is 0 Å². The van der Waals surface area contributed by atoms with Crippen LogP contribution in [0.3, 0.4) is 0 Å². The summed E-state index contributed by atoms with van der Waals surface area (Å²) < 4.78 is 13.4. The molecule has 0 saturated carbocycles. The van der Waals surface area contributed by atoms with E-state index in [1.54, 1.807) is 0 Å². The van der Waals surface area contributed by atoms with Crippen molar-refractivity contribution in [2.24, 2.45) is 4.99 Å². The minimum Gasteiger partial charge on any atom is -0.506 e. The van der Waals surface area contributed by atoms with Gasteiger partial charge in [-0.05, 0) is 34.5 Å². The summed E-state index contributed by atoms with van der Waals surface area (Å²) in [6, 6.07) is 1.17. The van der Waals surface area contributed by atoms with Gasteiger partial charge in [0.1, 0.15) is 11.6 Å². The number of benzene rings is 1. The largest absolute Gasteiger partial charge is 0.506 e. The second-order valence-electron chi connectivity index (χ2n) is 2.70. The van der Waals surface area contributed by atoms with Crippen molar-refractivity contribution < 1.29 is 14.3 Å². The SMILES string of the molecule is Cc1c(F)cc(Br)c(O)c1CN=C=O. The van der Waals surface area contributed by atoms with Gasteiger partial charge in [0, 0.05) is 5.56 Å². The molecule has 74 valence electrons. The molecule has 0 saturated heterocycles. The predicted molar refractivity (Wildman–Crippen MR) is 52.3 cm³/mol. The van der Waals surface area contributed by atoms with Gasteiger partial charge in [0.15, 0.2) is 0 Å². The molecule has 0 aliphatic rings. The van der Waals surface area contributed by atoms with E-state index < -0.39 is 5.82 Å². The van der Waals surface area contributed by atoms with Crippen molar-refractivity contribution in [1.29, 1.82) is 0 Å². The van der Waals surface area contributed by atoms with Crippen molar-refractivity contribution >= 4 is 22.0 Å². The van der Waals surface area contributed by atoms with Crippen LogP contribution in [-0.4, -0.2) is 11.2 Å². The topological polar surface area (TPSA) is 49.7 Å². The van der Waals surface area contributed by atoms with Gasteiger partial charge >= 0.3 is 0 Å². The number of hydrogen-bond acceptors (Lipinski definition) is 3. The molecule has 0 spiro atoms. The summed E-state index contributed by atoms with van der Waals surface area (Å²) in [7, 11) is 0. The Morgan fingerprint density at radius 2 is 2.36 bits per heavy atom. The van der Waals surface area contributed by atoms with Crippen LogP contribution in [0.5, 0.6) is 5.75 Å². The maximum absolute atomic E-state index is 13.2. The first-order valence-corrected chi connectivity index (χ1v) is 4.57. The minimum absolute atomic E-state index is 0.0719. The summed E-state index contributed by atoms with van der Waals surface area (Å²) in [4.78, 5) is 13.2. The molecule has 0 amide bonds. The highest BCUT2D eigenvalue weighted by atomic mass is 79.9. The number of carbonyl (C=O) groups excluding carboxylic acids is 1. The van der Waals surface area contributed by atoms with Crippen LogP contribution >= 0.6 is 15.9 Å². The van der Waals surface area contributed by atoms with E-state index >= 15 is 0 Å². The number of aliphatic imine (C=N–C) groups is 1. The van der Waals surface area contributed by atoms with E-state index in [-0.39, 0.29) is 22.3 Å². The number of halogens is 2. The van der Waals surface area contributed by atoms with E-state index in [2.05, 4.69) is 20.9 Å². The Morgan fingerprint density at radius 3 is 2.93 bits per heavy atom. The summed E-state index contributed by atoms with van der Waals surface area (Å²) in [6.45, 7) is 1.44. The van der Waals surface area contributed by atoms with Gasteiger partial charge in [-0.25, -0.2) is 14.2 Å². The van der Waals surface area contributed by atoms with Crippen LogP contribution in [0.25, 0.3) is 0 Å². The van der Waals surface area contributed by atoms with Crippen molar-refractivity contribution in [3.05, 3.63) is 27.5 Å². The molecule has 0 aromatic heterocycles. The molecule has 0 radical (unpaired) electrons. The highest BCUT2D eigenvalue weighted by Crippen LogP contribution is 2.32. The van der Waals surface area contributed by atoms with Gasteiger partial charge in [0.25, 0.3) is 0 Å². The molecule has 14 heavy (non-hydrogen) atoms. The molecule has 0 heterocycles. The Hall–Kier alpha value is -1.19. The van der Waals surface area contributed by atoms with Gasteiger partial charge in [-0.15, -0.1) is 0 Å². The van der Waals surface area contributed by atoms with Crippen LogP contribution < -0.4 is 0 Å². The minimum atomic E-state index is -0.453. The fraction of sp³-hybridized carbons (Fsp3) is 0.222. The second-order valence-corrected chi connectivity index (χ2v) is 3.55. The van der Waals surface area contributed by atoms with Crippen molar-refractivity contribution in [1.82, 2.24) is 0 Å². The summed E-state index contributed by atoms with van der Waals surface area (Å²) in [5, 5.41) is 9.53. The zero-order valence-electron chi connectivity index (χ0n) is 7.34. The molecule has 5 heteroatoms. The third kappa shape index (κ3) is 2.00. The first-order chi connectivity index (χ1) is 6.57. The predicted octanol–water partition coefficient (Wildman–Crippen LogP) is 2.44. The number of phenols is 1. The van der Waals surface area contributed by atoms with E-state index in [0.717, 1.165) is 0 Å². The van der Waals surface area contributed by atoms with Crippen LogP contribution in [0.2, 0.25) is 0 Å². The maximum atomic E-state index is 13.2. The van der Waals surface area contributed by atoms with Gasteiger partial charge in [-0.2, -0.15) is 0 Å². The average molecular weight is 260 g/mol. The fourth-order valence-corrected chi connectivity index (χ4v) is 1.50. The first-order valence-electron chi connectivity index (χ1n) is 3.78. The van der Waals surface area contributed by atoms with E-state index in [0.29, 0.717) is 5.56 Å². The van der Waals surface area contributed by atoms with Crippen LogP contribution in [-0.2, 0) is 11.3 Å². The summed E-state index contributed by atoms with van der Waals surface area (Å²) in [5.74, 6) is -0.548. The molecule has 0 unspecified atom stereocenters. The zero-order chi connectivity index (χ0) is 10.7. The monoisotopic (exact) mass is 259 g/mol. The normalized spacial score (nSPS) is 9.64. The molecular formula is C9H7BrFNO2. The summed E-state index contributed by atoms with van der Waals surface area (Å²) in [5.41, 5.74) is 0.574. The first kappa shape index (κ1) is 10.9. The number of isocyanates is 1. The van der Waals surface area contributed by atoms with Crippen LogP contribution in [0, 0.1) is 12.7 Å². The standard InChI is InChI=1S/C9H7BrFNO2/c1-5-6(3-12-4-13)9(14)7(10)2-8(5)11/h2,14H,3H2,1H3. The fourth-order valence-electron chi connectivity index (χ4n) is 1.06. The van der Waals surface area contributed by atoms with Crippen molar-refractivity contribution in [2.75, 3.05) is 0 Å². The van der Waals surface area contributed by atoms with Crippen LogP contribution in [0.4, 0.5) is 4.39 Å². The van der Waals surface area contributed by atoms with Gasteiger partial charge in [0.05, 0.1) is 11.0 Å². The number of phenolic OH excluding ortho intramolecular Hbond substituents is 1. The molecule has 0 aliphatic carbocycles. The maximum Gasteiger partial charge on any atom is 0.235 e. The Balaban J connectivity index is 3.31. The lowest BCUT2D eigenvalue weighted by molar-refractivity contribution is 0.460. The van der Waals surface area contributed by atoms with E-state index in [1.807, 2.05) is 0 Å². The number of rotatable bonds is 2. The van der Waals surface area contributed by atoms with Gasteiger partial charge in [-0.3, -0.25) is 0 Å². The summed E-state index contributed by atoms with van der Waals surface area (Å²) in [6.07, 6.45) is 1.34. The molecule has 3 nitrogen and oxygen atoms in total. The smallest absolute Gasteiger partial charge is 0.235 e. The molecule has 1 rings (SSSR count). The van der Waals surface area contributed by atoms with E-state index in [4.69, 9.17) is 0 Å². The van der Waals surface area contributed by atoms with Crippen molar-refractivity contribution in [3.8, 4) is 5.75 Å². The highest BCUT2D eigenvalue weighted by Gasteiger charge is 2.12. The number of hydrogen-bond donors (Lipinski definition) is 1. The highest BCUT2D eigenvalue weighted by molar-refractivity contribution is 9.10. The third-order valence-corrected chi connectivity index (χ3v) is 2.48. The quantitative estimate of drug-likeness (QED) is 0.655. The van der Waals surface area contributed by atoms with E-state index in [9.17, 15) is 14.3 Å². The Labute approximate surface area is 88.4 Å². The second kappa shape index (κ2) is 4.35. The summed E-state index contributed by atoms with van der Waals surface area (Å²) >= 11 is 2.99. The van der Waals surface area contributed by atoms with E-state index in [1.165, 1.54) is 19.1 Å². The molecular weight excluding hydrogens is 253 g/mol. The lowest BCUT2D eigenvalue weighted by Crippen LogP contribution is -1.93. The molecule has 0 fully saturated rings. The zero-order valence-corrected chi connectivity index (χ0v) is 8.93. The number of aromatic hydroxyl groups is 1. The molecule has 0 atom stereocenters. The molecule has 1 N–H and O–H groups in total. The Morgan fingerprint density at radius 1 is 1.71 bits per heavy atom. The van der Waals surface area contributed by atoms with Gasteiger partial charge in [-0.1, -0.05) is 0 Å². The van der Waals surface area contributed by atoms with Gasteiger partial charge < -0.3 is 5.11 Å². The van der Waals surface area contributed by atoms with Crippen molar-refractivity contribution in [2.45, 2.75) is 13.5 Å².